The second-order valence-electron chi connectivity index (χ2n) is 5.14. The summed E-state index contributed by atoms with van der Waals surface area (Å²) in [6.45, 7) is 5.88. The number of hydrogen-bond donors (Lipinski definition) is 0. The van der Waals surface area contributed by atoms with Crippen molar-refractivity contribution in [1.82, 2.24) is 0 Å². The summed E-state index contributed by atoms with van der Waals surface area (Å²) in [6, 6.07) is 0. The van der Waals surface area contributed by atoms with Crippen LogP contribution in [0.25, 0.3) is 0 Å². The van der Waals surface area contributed by atoms with Crippen LogP contribution >= 0.6 is 0 Å². The van der Waals surface area contributed by atoms with E-state index in [1.54, 1.807) is 0 Å². The van der Waals surface area contributed by atoms with Crippen LogP contribution in [0, 0.1) is 11.8 Å². The van der Waals surface area contributed by atoms with Gasteiger partial charge in [-0.15, -0.1) is 0 Å². The van der Waals surface area contributed by atoms with Crippen LogP contribution in [-0.4, -0.2) is 19.0 Å². The Balaban J connectivity index is 2.06. The van der Waals surface area contributed by atoms with Gasteiger partial charge in [0.2, 0.25) is 0 Å². The van der Waals surface area contributed by atoms with E-state index in [1.807, 2.05) is 0 Å². The first-order chi connectivity index (χ1) is 7.74. The van der Waals surface area contributed by atoms with E-state index in [0.29, 0.717) is 24.7 Å². The lowest BCUT2D eigenvalue weighted by molar-refractivity contribution is -0.125. The maximum Gasteiger partial charge on any atom is 0.138 e. The van der Waals surface area contributed by atoms with Crippen LogP contribution in [0.1, 0.15) is 58.8 Å². The zero-order chi connectivity index (χ0) is 11.8. The summed E-state index contributed by atoms with van der Waals surface area (Å²) in [5, 5.41) is 0. The molecule has 1 aliphatic carbocycles. The van der Waals surface area contributed by atoms with E-state index >= 15 is 0 Å². The maximum absolute atomic E-state index is 11.9. The van der Waals surface area contributed by atoms with Crippen molar-refractivity contribution >= 4 is 5.78 Å². The molecule has 1 saturated carbocycles. The first-order valence-electron chi connectivity index (χ1n) is 6.84. The molecule has 1 aliphatic rings. The third-order valence-electron chi connectivity index (χ3n) is 3.61. The molecule has 2 heteroatoms. The summed E-state index contributed by atoms with van der Waals surface area (Å²) < 4.78 is 5.44. The second-order valence-corrected chi connectivity index (χ2v) is 5.14. The van der Waals surface area contributed by atoms with E-state index in [9.17, 15) is 4.79 Å². The van der Waals surface area contributed by atoms with Gasteiger partial charge in [0.15, 0.2) is 0 Å². The van der Waals surface area contributed by atoms with E-state index in [-0.39, 0.29) is 0 Å². The molecule has 0 aliphatic heterocycles. The lowest BCUT2D eigenvalue weighted by atomic mass is 9.80. The first-order valence-corrected chi connectivity index (χ1v) is 6.84. The fourth-order valence-electron chi connectivity index (χ4n) is 2.31. The largest absolute Gasteiger partial charge is 0.381 e. The number of hydrogen-bond acceptors (Lipinski definition) is 2. The van der Waals surface area contributed by atoms with Gasteiger partial charge in [-0.25, -0.2) is 0 Å². The average Bonchev–Trinajstić information content (AvgIpc) is 2.29. The van der Waals surface area contributed by atoms with Crippen molar-refractivity contribution in [3.05, 3.63) is 0 Å². The minimum Gasteiger partial charge on any atom is -0.381 e. The van der Waals surface area contributed by atoms with E-state index in [4.69, 9.17) is 4.74 Å². The third-order valence-corrected chi connectivity index (χ3v) is 3.61. The van der Waals surface area contributed by atoms with Crippen molar-refractivity contribution in [1.29, 1.82) is 0 Å². The van der Waals surface area contributed by atoms with Gasteiger partial charge >= 0.3 is 0 Å². The molecule has 16 heavy (non-hydrogen) atoms. The summed E-state index contributed by atoms with van der Waals surface area (Å²) in [7, 11) is 0. The summed E-state index contributed by atoms with van der Waals surface area (Å²) >= 11 is 0. The SMILES string of the molecule is CCCCOCCC(=O)C1CCC(C)CC1. The summed E-state index contributed by atoms with van der Waals surface area (Å²) in [4.78, 5) is 11.9. The molecule has 2 nitrogen and oxygen atoms in total. The molecule has 0 bridgehead atoms. The maximum atomic E-state index is 11.9. The molecule has 0 N–H and O–H groups in total. The molecule has 0 aromatic carbocycles. The predicted octanol–water partition coefficient (Wildman–Crippen LogP) is 3.59. The lowest BCUT2D eigenvalue weighted by Crippen LogP contribution is -2.21. The van der Waals surface area contributed by atoms with Crippen LogP contribution < -0.4 is 0 Å². The third kappa shape index (κ3) is 5.11. The Morgan fingerprint density at radius 3 is 2.50 bits per heavy atom. The van der Waals surface area contributed by atoms with Crippen LogP contribution in [0.2, 0.25) is 0 Å². The highest BCUT2D eigenvalue weighted by molar-refractivity contribution is 5.81. The van der Waals surface area contributed by atoms with Gasteiger partial charge in [-0.3, -0.25) is 4.79 Å². The van der Waals surface area contributed by atoms with Gasteiger partial charge in [0.25, 0.3) is 0 Å². The Bertz CT molecular complexity index is 193. The van der Waals surface area contributed by atoms with Gasteiger partial charge in [-0.2, -0.15) is 0 Å². The normalized spacial score (nSPS) is 25.6. The number of ether oxygens (including phenoxy) is 1. The number of carbonyl (C=O) groups excluding carboxylic acids is 1. The fourth-order valence-corrected chi connectivity index (χ4v) is 2.31. The van der Waals surface area contributed by atoms with Gasteiger partial charge in [0.1, 0.15) is 5.78 Å². The molecule has 0 aromatic heterocycles. The quantitative estimate of drug-likeness (QED) is 0.620. The number of rotatable bonds is 7. The fraction of sp³-hybridized carbons (Fsp3) is 0.929. The molecule has 0 heterocycles. The van der Waals surface area contributed by atoms with E-state index in [2.05, 4.69) is 13.8 Å². The summed E-state index contributed by atoms with van der Waals surface area (Å²) in [6.07, 6.45) is 7.57. The second kappa shape index (κ2) is 7.83. The molecule has 94 valence electrons. The highest BCUT2D eigenvalue weighted by atomic mass is 16.5. The Morgan fingerprint density at radius 2 is 1.88 bits per heavy atom. The number of ketones is 1. The van der Waals surface area contributed by atoms with Gasteiger partial charge in [-0.1, -0.05) is 33.1 Å². The standard InChI is InChI=1S/C14H26O2/c1-3-4-10-16-11-9-14(15)13-7-5-12(2)6-8-13/h12-13H,3-11H2,1-2H3. The van der Waals surface area contributed by atoms with Crippen LogP contribution in [-0.2, 0) is 9.53 Å². The van der Waals surface area contributed by atoms with Gasteiger partial charge in [-0.05, 0) is 25.2 Å². The molecule has 1 rings (SSSR count). The molecule has 0 unspecified atom stereocenters. The van der Waals surface area contributed by atoms with E-state index in [1.165, 1.54) is 12.8 Å². The van der Waals surface area contributed by atoms with Crippen molar-refractivity contribution in [3.8, 4) is 0 Å². The molecule has 0 atom stereocenters. The predicted molar refractivity (Wildman–Crippen MR) is 66.5 cm³/mol. The number of unbranched alkanes of at least 4 members (excludes halogenated alkanes) is 1. The average molecular weight is 226 g/mol. The Hall–Kier alpha value is -0.370. The minimum atomic E-state index is 0.339. The molecule has 0 saturated heterocycles. The van der Waals surface area contributed by atoms with Gasteiger partial charge < -0.3 is 4.74 Å². The van der Waals surface area contributed by atoms with Gasteiger partial charge in [0, 0.05) is 18.9 Å². The molecular formula is C14H26O2. The van der Waals surface area contributed by atoms with E-state index in [0.717, 1.165) is 38.2 Å². The highest BCUT2D eigenvalue weighted by Gasteiger charge is 2.23. The lowest BCUT2D eigenvalue weighted by Gasteiger charge is -2.24. The van der Waals surface area contributed by atoms with Crippen molar-refractivity contribution in [2.45, 2.75) is 58.8 Å². The number of Topliss-reactive ketones (excluding diaryl/α,β-unsaturated/α-hetero) is 1. The van der Waals surface area contributed by atoms with Gasteiger partial charge in [0.05, 0.1) is 6.61 Å². The molecule has 0 aromatic rings. The molecular weight excluding hydrogens is 200 g/mol. The monoisotopic (exact) mass is 226 g/mol. The highest BCUT2D eigenvalue weighted by Crippen LogP contribution is 2.29. The van der Waals surface area contributed by atoms with Crippen LogP contribution in [0.4, 0.5) is 0 Å². The molecule has 0 amide bonds. The van der Waals surface area contributed by atoms with Crippen molar-refractivity contribution in [3.63, 3.8) is 0 Å². The first kappa shape index (κ1) is 13.7. The van der Waals surface area contributed by atoms with E-state index < -0.39 is 0 Å². The molecule has 1 fully saturated rings. The zero-order valence-electron chi connectivity index (χ0n) is 10.8. The summed E-state index contributed by atoms with van der Waals surface area (Å²) in [5.74, 6) is 1.60. The molecule has 0 spiro atoms. The van der Waals surface area contributed by atoms with Crippen LogP contribution in [0.15, 0.2) is 0 Å². The van der Waals surface area contributed by atoms with Crippen LogP contribution in [0.5, 0.6) is 0 Å². The van der Waals surface area contributed by atoms with Crippen molar-refractivity contribution in [2.75, 3.05) is 13.2 Å². The zero-order valence-corrected chi connectivity index (χ0v) is 10.8. The summed E-state index contributed by atoms with van der Waals surface area (Å²) in [5.41, 5.74) is 0. The van der Waals surface area contributed by atoms with Crippen molar-refractivity contribution in [2.24, 2.45) is 11.8 Å². The Morgan fingerprint density at radius 1 is 1.19 bits per heavy atom. The Labute approximate surface area is 99.8 Å². The van der Waals surface area contributed by atoms with Crippen LogP contribution in [0.3, 0.4) is 0 Å². The smallest absolute Gasteiger partial charge is 0.138 e. The van der Waals surface area contributed by atoms with Crippen molar-refractivity contribution < 1.29 is 9.53 Å². The minimum absolute atomic E-state index is 0.339. The number of carbonyl (C=O) groups is 1. The molecule has 0 radical (unpaired) electrons. The topological polar surface area (TPSA) is 26.3 Å². The Kier molecular flexibility index (Phi) is 6.70.